The number of halogens is 3. The molecule has 0 N–H and O–H groups in total. The van der Waals surface area contributed by atoms with Crippen LogP contribution in [0.4, 0.5) is 13.2 Å². The fourth-order valence-corrected chi connectivity index (χ4v) is 0.630. The molecule has 0 rings (SSSR count). The fourth-order valence-electron chi connectivity index (χ4n) is 0.630. The molecule has 0 aliphatic heterocycles. The topological polar surface area (TPSA) is 43.4 Å². The van der Waals surface area contributed by atoms with Crippen LogP contribution in [0.1, 0.15) is 20.3 Å². The Kier molecular flexibility index (Phi) is 5.04. The van der Waals surface area contributed by atoms with Gasteiger partial charge in [0.15, 0.2) is 0 Å². The number of carbonyl (C=O) groups excluding carboxylic acids is 2. The van der Waals surface area contributed by atoms with E-state index in [2.05, 4.69) is 4.74 Å². The van der Waals surface area contributed by atoms with Crippen molar-refractivity contribution in [1.82, 2.24) is 0 Å². The average Bonchev–Trinajstić information content (AvgIpc) is 2.00. The van der Waals surface area contributed by atoms with Crippen molar-refractivity contribution < 1.29 is 27.5 Å². The van der Waals surface area contributed by atoms with Gasteiger partial charge in [0.25, 0.3) is 0 Å². The molecular weight excluding hydrogens is 213 g/mol. The molecule has 0 aliphatic carbocycles. The maximum absolute atomic E-state index is 11.9. The monoisotopic (exact) mass is 224 g/mol. The van der Waals surface area contributed by atoms with Gasteiger partial charge in [-0.1, -0.05) is 0 Å². The van der Waals surface area contributed by atoms with E-state index in [1.54, 1.807) is 0 Å². The Morgan fingerprint density at radius 1 is 1.27 bits per heavy atom. The van der Waals surface area contributed by atoms with Gasteiger partial charge in [-0.3, -0.25) is 9.59 Å². The molecular formula is C9H11F3O3. The van der Waals surface area contributed by atoms with Crippen molar-refractivity contribution in [2.75, 3.05) is 6.61 Å². The van der Waals surface area contributed by atoms with Crippen LogP contribution >= 0.6 is 0 Å². The SMILES string of the molecule is CC(=O)CC(=O)OCC=C(C)C(F)(F)F. The van der Waals surface area contributed by atoms with Gasteiger partial charge in [0.1, 0.15) is 18.8 Å². The van der Waals surface area contributed by atoms with E-state index in [9.17, 15) is 22.8 Å². The molecule has 0 saturated carbocycles. The number of rotatable bonds is 4. The van der Waals surface area contributed by atoms with Crippen LogP contribution in [0.3, 0.4) is 0 Å². The van der Waals surface area contributed by atoms with E-state index < -0.39 is 36.5 Å². The number of allylic oxidation sites excluding steroid dienone is 1. The lowest BCUT2D eigenvalue weighted by molar-refractivity contribution is -0.144. The van der Waals surface area contributed by atoms with Crippen LogP contribution in [-0.4, -0.2) is 24.5 Å². The fraction of sp³-hybridized carbons (Fsp3) is 0.556. The minimum atomic E-state index is -4.41. The number of alkyl halides is 3. The molecule has 3 nitrogen and oxygen atoms in total. The molecule has 0 bridgehead atoms. The summed E-state index contributed by atoms with van der Waals surface area (Å²) in [6, 6.07) is 0. The normalized spacial score (nSPS) is 12.5. The zero-order valence-corrected chi connectivity index (χ0v) is 8.35. The molecule has 0 saturated heterocycles. The summed E-state index contributed by atoms with van der Waals surface area (Å²) < 4.78 is 40.1. The van der Waals surface area contributed by atoms with E-state index in [0.29, 0.717) is 0 Å². The average molecular weight is 224 g/mol. The number of hydrogen-bond acceptors (Lipinski definition) is 3. The Morgan fingerprint density at radius 3 is 2.20 bits per heavy atom. The second-order valence-corrected chi connectivity index (χ2v) is 2.95. The smallest absolute Gasteiger partial charge is 0.412 e. The standard InChI is InChI=1S/C9H11F3O3/c1-6(9(10,11)12)3-4-15-8(14)5-7(2)13/h3H,4-5H2,1-2H3. The molecule has 0 atom stereocenters. The lowest BCUT2D eigenvalue weighted by atomic mass is 10.3. The van der Waals surface area contributed by atoms with Gasteiger partial charge >= 0.3 is 12.1 Å². The largest absolute Gasteiger partial charge is 0.461 e. The molecule has 0 unspecified atom stereocenters. The third kappa shape index (κ3) is 6.70. The van der Waals surface area contributed by atoms with Crippen LogP contribution in [0.2, 0.25) is 0 Å². The van der Waals surface area contributed by atoms with Gasteiger partial charge in [-0.15, -0.1) is 0 Å². The van der Waals surface area contributed by atoms with Gasteiger partial charge in [-0.05, 0) is 19.9 Å². The Labute approximate surface area is 84.9 Å². The molecule has 0 heterocycles. The summed E-state index contributed by atoms with van der Waals surface area (Å²) >= 11 is 0. The summed E-state index contributed by atoms with van der Waals surface area (Å²) in [5.74, 6) is -1.22. The van der Waals surface area contributed by atoms with E-state index in [1.807, 2.05) is 0 Å². The van der Waals surface area contributed by atoms with Crippen LogP contribution in [0.25, 0.3) is 0 Å². The summed E-state index contributed by atoms with van der Waals surface area (Å²) in [5, 5.41) is 0. The lowest BCUT2D eigenvalue weighted by Crippen LogP contribution is -2.12. The van der Waals surface area contributed by atoms with E-state index in [4.69, 9.17) is 0 Å². The van der Waals surface area contributed by atoms with E-state index in [0.717, 1.165) is 13.0 Å². The van der Waals surface area contributed by atoms with Crippen LogP contribution in [0, 0.1) is 0 Å². The molecule has 0 aromatic heterocycles. The number of ether oxygens (including phenoxy) is 1. The van der Waals surface area contributed by atoms with Gasteiger partial charge in [0.2, 0.25) is 0 Å². The van der Waals surface area contributed by atoms with Crippen molar-refractivity contribution in [3.8, 4) is 0 Å². The number of ketones is 1. The second-order valence-electron chi connectivity index (χ2n) is 2.95. The van der Waals surface area contributed by atoms with Crippen molar-refractivity contribution in [2.24, 2.45) is 0 Å². The summed E-state index contributed by atoms with van der Waals surface area (Å²) in [6.45, 7) is 1.59. The first kappa shape index (κ1) is 13.7. The second kappa shape index (κ2) is 5.53. The molecule has 15 heavy (non-hydrogen) atoms. The molecule has 6 heteroatoms. The number of hydrogen-bond donors (Lipinski definition) is 0. The maximum atomic E-state index is 11.9. The molecule has 86 valence electrons. The first-order valence-corrected chi connectivity index (χ1v) is 4.12. The predicted molar refractivity (Wildman–Crippen MR) is 46.1 cm³/mol. The molecule has 0 spiro atoms. The first-order chi connectivity index (χ1) is 6.73. The predicted octanol–water partition coefficient (Wildman–Crippen LogP) is 2.02. The third-order valence-electron chi connectivity index (χ3n) is 1.47. The maximum Gasteiger partial charge on any atom is 0.412 e. The number of carbonyl (C=O) groups is 2. The van der Waals surface area contributed by atoms with Crippen LogP contribution in [0.15, 0.2) is 11.6 Å². The molecule has 0 amide bonds. The Bertz CT molecular complexity index is 279. The van der Waals surface area contributed by atoms with Crippen LogP contribution in [0.5, 0.6) is 0 Å². The highest BCUT2D eigenvalue weighted by atomic mass is 19.4. The molecule has 0 aromatic carbocycles. The first-order valence-electron chi connectivity index (χ1n) is 4.12. The number of esters is 1. The van der Waals surface area contributed by atoms with Crippen molar-refractivity contribution in [3.05, 3.63) is 11.6 Å². The van der Waals surface area contributed by atoms with Crippen LogP contribution in [-0.2, 0) is 14.3 Å². The highest BCUT2D eigenvalue weighted by molar-refractivity contribution is 5.94. The van der Waals surface area contributed by atoms with Gasteiger partial charge in [-0.25, -0.2) is 0 Å². The van der Waals surface area contributed by atoms with Gasteiger partial charge in [0, 0.05) is 5.57 Å². The lowest BCUT2D eigenvalue weighted by Gasteiger charge is -2.06. The zero-order valence-electron chi connectivity index (χ0n) is 8.35. The number of Topliss-reactive ketones (excluding diaryl/α,β-unsaturated/α-hetero) is 1. The Morgan fingerprint density at radius 2 is 1.80 bits per heavy atom. The zero-order chi connectivity index (χ0) is 12.1. The molecule has 0 fully saturated rings. The van der Waals surface area contributed by atoms with E-state index in [1.165, 1.54) is 6.92 Å². The third-order valence-corrected chi connectivity index (χ3v) is 1.47. The minimum Gasteiger partial charge on any atom is -0.461 e. The van der Waals surface area contributed by atoms with Crippen molar-refractivity contribution in [2.45, 2.75) is 26.4 Å². The van der Waals surface area contributed by atoms with Gasteiger partial charge in [-0.2, -0.15) is 13.2 Å². The van der Waals surface area contributed by atoms with E-state index >= 15 is 0 Å². The van der Waals surface area contributed by atoms with E-state index in [-0.39, 0.29) is 0 Å². The Balaban J connectivity index is 3.98. The highest BCUT2D eigenvalue weighted by Gasteiger charge is 2.29. The van der Waals surface area contributed by atoms with Crippen molar-refractivity contribution in [1.29, 1.82) is 0 Å². The summed E-state index contributed by atoms with van der Waals surface area (Å²) in [6.07, 6.45) is -4.08. The van der Waals surface area contributed by atoms with Gasteiger partial charge < -0.3 is 4.74 Å². The van der Waals surface area contributed by atoms with Gasteiger partial charge in [0.05, 0.1) is 0 Å². The molecule has 0 radical (unpaired) electrons. The van der Waals surface area contributed by atoms with Crippen LogP contribution < -0.4 is 0 Å². The van der Waals surface area contributed by atoms with Crippen molar-refractivity contribution in [3.63, 3.8) is 0 Å². The van der Waals surface area contributed by atoms with Crippen molar-refractivity contribution >= 4 is 11.8 Å². The Hall–Kier alpha value is -1.33. The molecule has 0 aliphatic rings. The summed E-state index contributed by atoms with van der Waals surface area (Å²) in [4.78, 5) is 21.1. The summed E-state index contributed by atoms with van der Waals surface area (Å²) in [7, 11) is 0. The minimum absolute atomic E-state index is 0.392. The molecule has 0 aromatic rings. The highest BCUT2D eigenvalue weighted by Crippen LogP contribution is 2.24. The quantitative estimate of drug-likeness (QED) is 0.417. The summed E-state index contributed by atoms with van der Waals surface area (Å²) in [5.41, 5.74) is -0.835.